The van der Waals surface area contributed by atoms with Crippen molar-refractivity contribution in [3.05, 3.63) is 212 Å². The van der Waals surface area contributed by atoms with Crippen molar-refractivity contribution >= 4 is 92.1 Å². The van der Waals surface area contributed by atoms with E-state index in [4.69, 9.17) is 4.42 Å². The fraction of sp³-hybridized carbons (Fsp3) is 0. The van der Waals surface area contributed by atoms with Gasteiger partial charge in [-0.25, -0.2) is 0 Å². The minimum atomic E-state index is 0.892. The molecular weight excluding hydrogens is 735 g/mol. The lowest BCUT2D eigenvalue weighted by Crippen LogP contribution is -2.10. The van der Waals surface area contributed by atoms with Gasteiger partial charge in [0.05, 0.1) is 0 Å². The summed E-state index contributed by atoms with van der Waals surface area (Å²) in [5.74, 6) is 0. The summed E-state index contributed by atoms with van der Waals surface area (Å²) in [6.45, 7) is 0. The van der Waals surface area contributed by atoms with E-state index in [0.29, 0.717) is 0 Å². The topological polar surface area (TPSA) is 16.4 Å². The minimum absolute atomic E-state index is 0.892. The van der Waals surface area contributed by atoms with Gasteiger partial charge in [-0.2, -0.15) is 0 Å². The van der Waals surface area contributed by atoms with Gasteiger partial charge in [-0.3, -0.25) is 0 Å². The fourth-order valence-electron chi connectivity index (χ4n) is 9.05. The maximum atomic E-state index is 6.61. The Labute approximate surface area is 345 Å². The molecule has 12 aromatic rings. The Morgan fingerprint density at radius 1 is 0.339 bits per heavy atom. The summed E-state index contributed by atoms with van der Waals surface area (Å²) in [6.07, 6.45) is 0. The highest BCUT2D eigenvalue weighted by molar-refractivity contribution is 7.25. The first-order valence-corrected chi connectivity index (χ1v) is 20.9. The van der Waals surface area contributed by atoms with Crippen LogP contribution in [0.4, 0.5) is 17.1 Å². The van der Waals surface area contributed by atoms with Crippen molar-refractivity contribution in [1.82, 2.24) is 0 Å². The SMILES string of the molecule is c1cc(-c2cccc3ccccc23)cc(N(c2ccc(-c3ccc4c(c3)sc3ccccc34)cc2)c2cccc(-c3cccc4oc5c6ccccc6ccc5c34)c2)c1. The van der Waals surface area contributed by atoms with Crippen molar-refractivity contribution in [3.63, 3.8) is 0 Å². The van der Waals surface area contributed by atoms with Gasteiger partial charge in [0, 0.05) is 53.4 Å². The predicted octanol–water partition coefficient (Wildman–Crippen LogP) is 16.7. The molecule has 0 spiro atoms. The quantitative estimate of drug-likeness (QED) is 0.167. The van der Waals surface area contributed by atoms with Crippen molar-refractivity contribution in [2.24, 2.45) is 0 Å². The molecular formula is C56H35NOS. The fourth-order valence-corrected chi connectivity index (χ4v) is 10.2. The van der Waals surface area contributed by atoms with E-state index in [9.17, 15) is 0 Å². The number of hydrogen-bond donors (Lipinski definition) is 0. The summed E-state index contributed by atoms with van der Waals surface area (Å²) >= 11 is 1.86. The van der Waals surface area contributed by atoms with Crippen molar-refractivity contribution in [3.8, 4) is 33.4 Å². The maximum Gasteiger partial charge on any atom is 0.143 e. The van der Waals surface area contributed by atoms with Gasteiger partial charge in [-0.15, -0.1) is 11.3 Å². The van der Waals surface area contributed by atoms with Crippen LogP contribution < -0.4 is 4.90 Å². The molecule has 3 heteroatoms. The number of rotatable bonds is 6. The smallest absolute Gasteiger partial charge is 0.143 e. The van der Waals surface area contributed by atoms with Gasteiger partial charge in [-0.05, 0) is 110 Å². The zero-order valence-corrected chi connectivity index (χ0v) is 32.8. The maximum absolute atomic E-state index is 6.61. The van der Waals surface area contributed by atoms with Crippen molar-refractivity contribution in [2.45, 2.75) is 0 Å². The largest absolute Gasteiger partial charge is 0.455 e. The molecule has 0 aliphatic heterocycles. The molecule has 0 atom stereocenters. The van der Waals surface area contributed by atoms with Crippen LogP contribution in [-0.2, 0) is 0 Å². The van der Waals surface area contributed by atoms with E-state index < -0.39 is 0 Å². The van der Waals surface area contributed by atoms with Gasteiger partial charge < -0.3 is 9.32 Å². The van der Waals surface area contributed by atoms with Crippen molar-refractivity contribution in [2.75, 3.05) is 4.90 Å². The Morgan fingerprint density at radius 3 is 1.75 bits per heavy atom. The van der Waals surface area contributed by atoms with Crippen LogP contribution in [-0.4, -0.2) is 0 Å². The molecule has 2 heterocycles. The highest BCUT2D eigenvalue weighted by Crippen LogP contribution is 2.44. The normalized spacial score (nSPS) is 11.7. The molecule has 59 heavy (non-hydrogen) atoms. The molecule has 0 aliphatic carbocycles. The molecule has 0 N–H and O–H groups in total. The summed E-state index contributed by atoms with van der Waals surface area (Å²) in [5.41, 5.74) is 12.2. The molecule has 12 rings (SSSR count). The van der Waals surface area contributed by atoms with E-state index in [1.807, 2.05) is 11.3 Å². The molecule has 0 fully saturated rings. The number of fused-ring (bicyclic) bond motifs is 9. The summed E-state index contributed by atoms with van der Waals surface area (Å²) in [4.78, 5) is 2.39. The van der Waals surface area contributed by atoms with E-state index in [-0.39, 0.29) is 0 Å². The number of benzene rings is 10. The summed E-state index contributed by atoms with van der Waals surface area (Å²) in [7, 11) is 0. The molecule has 0 bridgehead atoms. The predicted molar refractivity (Wildman–Crippen MR) is 253 cm³/mol. The van der Waals surface area contributed by atoms with Gasteiger partial charge in [0.25, 0.3) is 0 Å². The van der Waals surface area contributed by atoms with Gasteiger partial charge in [0.15, 0.2) is 0 Å². The third-order valence-corrected chi connectivity index (χ3v) is 13.0. The number of thiophene rings is 1. The van der Waals surface area contributed by atoms with E-state index in [2.05, 4.69) is 217 Å². The van der Waals surface area contributed by atoms with Crippen LogP contribution in [0.15, 0.2) is 217 Å². The van der Waals surface area contributed by atoms with Gasteiger partial charge in [0.2, 0.25) is 0 Å². The van der Waals surface area contributed by atoms with Gasteiger partial charge >= 0.3 is 0 Å². The molecule has 0 radical (unpaired) electrons. The molecule has 276 valence electrons. The zero-order valence-electron chi connectivity index (χ0n) is 32.0. The number of furan rings is 1. The van der Waals surface area contributed by atoms with Crippen LogP contribution in [0.25, 0.3) is 97.0 Å². The third-order valence-electron chi connectivity index (χ3n) is 11.8. The minimum Gasteiger partial charge on any atom is -0.455 e. The molecule has 0 amide bonds. The summed E-state index contributed by atoms with van der Waals surface area (Å²) in [6, 6.07) is 77.0. The lowest BCUT2D eigenvalue weighted by molar-refractivity contribution is 0.673. The third kappa shape index (κ3) is 5.62. The number of anilines is 3. The molecule has 0 saturated carbocycles. The highest BCUT2D eigenvalue weighted by Gasteiger charge is 2.19. The second-order valence-corrected chi connectivity index (χ2v) is 16.3. The van der Waals surface area contributed by atoms with Crippen LogP contribution in [0, 0.1) is 0 Å². The lowest BCUT2D eigenvalue weighted by atomic mass is 9.96. The molecule has 10 aromatic carbocycles. The second kappa shape index (κ2) is 13.6. The summed E-state index contributed by atoms with van der Waals surface area (Å²) < 4.78 is 9.24. The van der Waals surface area contributed by atoms with Crippen LogP contribution >= 0.6 is 11.3 Å². The van der Waals surface area contributed by atoms with E-state index >= 15 is 0 Å². The van der Waals surface area contributed by atoms with Crippen molar-refractivity contribution < 1.29 is 4.42 Å². The number of hydrogen-bond acceptors (Lipinski definition) is 3. The number of nitrogens with zero attached hydrogens (tertiary/aromatic N) is 1. The van der Waals surface area contributed by atoms with E-state index in [1.165, 1.54) is 58.6 Å². The Bertz CT molecular complexity index is 3570. The molecule has 0 saturated heterocycles. The van der Waals surface area contributed by atoms with Gasteiger partial charge in [-0.1, -0.05) is 152 Å². The van der Waals surface area contributed by atoms with E-state index in [1.54, 1.807) is 0 Å². The summed E-state index contributed by atoms with van der Waals surface area (Å²) in [5, 5.41) is 9.69. The Morgan fingerprint density at radius 2 is 0.932 bits per heavy atom. The Balaban J connectivity index is 1.00. The zero-order chi connectivity index (χ0) is 38.9. The first kappa shape index (κ1) is 33.7. The standard InChI is InChI=1S/C56H35NOS/c1-3-18-45-37(11-1)13-9-21-46(45)40-14-7-16-43(33-40)57(42-29-25-36(26-30-42)39-28-31-50-49-20-5-6-24-53(49)59-54(50)35-39)44-17-8-15-41(34-44)47-22-10-23-52-55(47)51-32-27-38-12-2-4-19-48(38)56(51)58-52/h1-35H. The highest BCUT2D eigenvalue weighted by atomic mass is 32.1. The molecule has 0 aliphatic rings. The second-order valence-electron chi connectivity index (χ2n) is 15.3. The first-order valence-electron chi connectivity index (χ1n) is 20.1. The van der Waals surface area contributed by atoms with Crippen LogP contribution in [0.2, 0.25) is 0 Å². The van der Waals surface area contributed by atoms with E-state index in [0.717, 1.165) is 55.5 Å². The van der Waals surface area contributed by atoms with Crippen LogP contribution in [0.3, 0.4) is 0 Å². The average molecular weight is 770 g/mol. The Kier molecular flexibility index (Phi) is 7.75. The van der Waals surface area contributed by atoms with Gasteiger partial charge in [0.1, 0.15) is 11.2 Å². The average Bonchev–Trinajstić information content (AvgIpc) is 3.88. The molecule has 0 unspecified atom stereocenters. The first-order chi connectivity index (χ1) is 29.2. The molecule has 2 nitrogen and oxygen atoms in total. The van der Waals surface area contributed by atoms with Crippen LogP contribution in [0.5, 0.6) is 0 Å². The monoisotopic (exact) mass is 769 g/mol. The van der Waals surface area contributed by atoms with Crippen LogP contribution in [0.1, 0.15) is 0 Å². The lowest BCUT2D eigenvalue weighted by Gasteiger charge is -2.27. The molecule has 2 aromatic heterocycles. The Hall–Kier alpha value is -7.46. The van der Waals surface area contributed by atoms with Crippen molar-refractivity contribution in [1.29, 1.82) is 0 Å².